The standard InChI is InChI=1S/C12H18FN3O/c1-16(2)9-3-4-10(15-11(9)13)12(17)5-7-14-8-6-12/h3-4,14,17H,5-8H2,1-2H3. The molecule has 0 bridgehead atoms. The first-order valence-corrected chi connectivity index (χ1v) is 5.80. The SMILES string of the molecule is CN(C)c1ccc(C2(O)CCNCC2)nc1F. The Hall–Kier alpha value is -1.20. The van der Waals surface area contributed by atoms with Crippen LogP contribution >= 0.6 is 0 Å². The van der Waals surface area contributed by atoms with E-state index in [2.05, 4.69) is 10.3 Å². The minimum atomic E-state index is -0.989. The van der Waals surface area contributed by atoms with Gasteiger partial charge < -0.3 is 15.3 Å². The highest BCUT2D eigenvalue weighted by Gasteiger charge is 2.33. The van der Waals surface area contributed by atoms with E-state index < -0.39 is 11.5 Å². The van der Waals surface area contributed by atoms with E-state index in [1.807, 2.05) is 0 Å². The Morgan fingerprint density at radius 1 is 1.35 bits per heavy atom. The first kappa shape index (κ1) is 12.3. The Morgan fingerprint density at radius 3 is 2.53 bits per heavy atom. The van der Waals surface area contributed by atoms with Crippen LogP contribution in [0.4, 0.5) is 10.1 Å². The normalized spacial score (nSPS) is 19.1. The summed E-state index contributed by atoms with van der Waals surface area (Å²) in [6.07, 6.45) is 1.14. The zero-order valence-electron chi connectivity index (χ0n) is 10.2. The zero-order valence-corrected chi connectivity index (χ0v) is 10.2. The van der Waals surface area contributed by atoms with Gasteiger partial charge in [0.25, 0.3) is 0 Å². The fourth-order valence-corrected chi connectivity index (χ4v) is 2.12. The molecular formula is C12H18FN3O. The van der Waals surface area contributed by atoms with E-state index in [9.17, 15) is 9.50 Å². The topological polar surface area (TPSA) is 48.4 Å². The predicted octanol–water partition coefficient (Wildman–Crippen LogP) is 0.858. The van der Waals surface area contributed by atoms with Crippen molar-refractivity contribution in [2.24, 2.45) is 0 Å². The van der Waals surface area contributed by atoms with Gasteiger partial charge in [-0.25, -0.2) is 4.98 Å². The molecule has 0 saturated carbocycles. The lowest BCUT2D eigenvalue weighted by Crippen LogP contribution is -2.40. The Labute approximate surface area is 100 Å². The lowest BCUT2D eigenvalue weighted by Gasteiger charge is -2.32. The fraction of sp³-hybridized carbons (Fsp3) is 0.583. The number of halogens is 1. The molecule has 0 atom stereocenters. The number of hydrogen-bond acceptors (Lipinski definition) is 4. The van der Waals surface area contributed by atoms with Crippen molar-refractivity contribution in [3.8, 4) is 0 Å². The van der Waals surface area contributed by atoms with Crippen molar-refractivity contribution in [1.29, 1.82) is 0 Å². The lowest BCUT2D eigenvalue weighted by atomic mass is 9.88. The Kier molecular flexibility index (Phi) is 3.31. The molecule has 2 heterocycles. The molecule has 0 unspecified atom stereocenters. The van der Waals surface area contributed by atoms with Crippen LogP contribution in [0.25, 0.3) is 0 Å². The maximum absolute atomic E-state index is 13.7. The van der Waals surface area contributed by atoms with Crippen molar-refractivity contribution in [1.82, 2.24) is 10.3 Å². The Bertz CT molecular complexity index is 403. The molecule has 0 aliphatic carbocycles. The van der Waals surface area contributed by atoms with Crippen LogP contribution in [0.1, 0.15) is 18.5 Å². The van der Waals surface area contributed by atoms with Gasteiger partial charge in [-0.2, -0.15) is 4.39 Å². The summed E-state index contributed by atoms with van der Waals surface area (Å²) in [5.74, 6) is -0.528. The van der Waals surface area contributed by atoms with E-state index in [1.165, 1.54) is 0 Å². The summed E-state index contributed by atoms with van der Waals surface area (Å²) < 4.78 is 13.7. The number of nitrogens with one attached hydrogen (secondary N) is 1. The maximum Gasteiger partial charge on any atom is 0.236 e. The molecule has 1 aliphatic rings. The van der Waals surface area contributed by atoms with Gasteiger partial charge in [0.2, 0.25) is 5.95 Å². The third-order valence-electron chi connectivity index (χ3n) is 3.22. The van der Waals surface area contributed by atoms with Gasteiger partial charge in [0.15, 0.2) is 0 Å². The number of aliphatic hydroxyl groups is 1. The highest BCUT2D eigenvalue weighted by atomic mass is 19.1. The van der Waals surface area contributed by atoms with Gasteiger partial charge in [-0.3, -0.25) is 0 Å². The van der Waals surface area contributed by atoms with Crippen molar-refractivity contribution in [3.05, 3.63) is 23.8 Å². The van der Waals surface area contributed by atoms with Crippen molar-refractivity contribution in [2.45, 2.75) is 18.4 Å². The summed E-state index contributed by atoms with van der Waals surface area (Å²) in [6.45, 7) is 1.46. The van der Waals surface area contributed by atoms with Crippen LogP contribution in [-0.2, 0) is 5.60 Å². The molecule has 5 heteroatoms. The summed E-state index contributed by atoms with van der Waals surface area (Å²) in [5.41, 5.74) is -0.120. The highest BCUT2D eigenvalue weighted by Crippen LogP contribution is 2.30. The zero-order chi connectivity index (χ0) is 12.5. The third-order valence-corrected chi connectivity index (χ3v) is 3.22. The average Bonchev–Trinajstić information content (AvgIpc) is 2.29. The Balaban J connectivity index is 2.30. The van der Waals surface area contributed by atoms with Crippen molar-refractivity contribution in [2.75, 3.05) is 32.1 Å². The second-order valence-electron chi connectivity index (χ2n) is 4.68. The molecule has 1 aromatic heterocycles. The van der Waals surface area contributed by atoms with Gasteiger partial charge in [0.1, 0.15) is 5.60 Å². The molecule has 2 N–H and O–H groups in total. The van der Waals surface area contributed by atoms with Gasteiger partial charge in [-0.1, -0.05) is 0 Å². The minimum Gasteiger partial charge on any atom is -0.383 e. The van der Waals surface area contributed by atoms with Crippen molar-refractivity contribution < 1.29 is 9.50 Å². The van der Waals surface area contributed by atoms with E-state index in [4.69, 9.17) is 0 Å². The maximum atomic E-state index is 13.7. The highest BCUT2D eigenvalue weighted by molar-refractivity contribution is 5.44. The van der Waals surface area contributed by atoms with E-state index in [0.717, 1.165) is 13.1 Å². The fourth-order valence-electron chi connectivity index (χ4n) is 2.12. The van der Waals surface area contributed by atoms with Gasteiger partial charge in [0, 0.05) is 14.1 Å². The van der Waals surface area contributed by atoms with E-state index in [1.54, 1.807) is 31.1 Å². The van der Waals surface area contributed by atoms with Crippen molar-refractivity contribution in [3.63, 3.8) is 0 Å². The number of anilines is 1. The molecule has 1 aliphatic heterocycles. The summed E-state index contributed by atoms with van der Waals surface area (Å²) in [6, 6.07) is 3.38. The molecule has 1 fully saturated rings. The lowest BCUT2D eigenvalue weighted by molar-refractivity contribution is 0.00123. The number of nitrogens with zero attached hydrogens (tertiary/aromatic N) is 2. The van der Waals surface area contributed by atoms with E-state index in [0.29, 0.717) is 24.2 Å². The molecule has 4 nitrogen and oxygen atoms in total. The number of rotatable bonds is 2. The molecule has 0 radical (unpaired) electrons. The first-order valence-electron chi connectivity index (χ1n) is 5.80. The van der Waals surface area contributed by atoms with Crippen LogP contribution in [0.3, 0.4) is 0 Å². The number of piperidine rings is 1. The van der Waals surface area contributed by atoms with Crippen LogP contribution in [0.2, 0.25) is 0 Å². The van der Waals surface area contributed by atoms with E-state index >= 15 is 0 Å². The molecule has 0 aromatic carbocycles. The summed E-state index contributed by atoms with van der Waals surface area (Å²) in [7, 11) is 3.53. The van der Waals surface area contributed by atoms with E-state index in [-0.39, 0.29) is 0 Å². The largest absolute Gasteiger partial charge is 0.383 e. The summed E-state index contributed by atoms with van der Waals surface area (Å²) in [5, 5.41) is 13.6. The Morgan fingerprint density at radius 2 is 2.00 bits per heavy atom. The van der Waals surface area contributed by atoms with Crippen molar-refractivity contribution >= 4 is 5.69 Å². The third kappa shape index (κ3) is 2.40. The van der Waals surface area contributed by atoms with Crippen LogP contribution < -0.4 is 10.2 Å². The van der Waals surface area contributed by atoms with Gasteiger partial charge in [0.05, 0.1) is 11.4 Å². The quantitative estimate of drug-likeness (QED) is 0.751. The first-order chi connectivity index (χ1) is 8.03. The van der Waals surface area contributed by atoms with Gasteiger partial charge in [-0.15, -0.1) is 0 Å². The molecule has 1 aromatic rings. The molecule has 0 amide bonds. The monoisotopic (exact) mass is 239 g/mol. The summed E-state index contributed by atoms with van der Waals surface area (Å²) in [4.78, 5) is 5.57. The average molecular weight is 239 g/mol. The smallest absolute Gasteiger partial charge is 0.236 e. The number of pyridine rings is 1. The molecular weight excluding hydrogens is 221 g/mol. The molecule has 94 valence electrons. The van der Waals surface area contributed by atoms with Gasteiger partial charge >= 0.3 is 0 Å². The van der Waals surface area contributed by atoms with Crippen LogP contribution in [0, 0.1) is 5.95 Å². The predicted molar refractivity (Wildman–Crippen MR) is 64.5 cm³/mol. The molecule has 1 saturated heterocycles. The number of hydrogen-bond donors (Lipinski definition) is 2. The van der Waals surface area contributed by atoms with Crippen LogP contribution in [0.15, 0.2) is 12.1 Å². The van der Waals surface area contributed by atoms with Gasteiger partial charge in [-0.05, 0) is 38.1 Å². The minimum absolute atomic E-state index is 0.433. The molecule has 2 rings (SSSR count). The summed E-state index contributed by atoms with van der Waals surface area (Å²) >= 11 is 0. The second kappa shape index (κ2) is 4.58. The second-order valence-corrected chi connectivity index (χ2v) is 4.68. The van der Waals surface area contributed by atoms with Crippen LogP contribution in [-0.4, -0.2) is 37.3 Å². The van der Waals surface area contributed by atoms with Crippen LogP contribution in [0.5, 0.6) is 0 Å². The molecule has 0 spiro atoms. The number of aromatic nitrogens is 1. The molecule has 17 heavy (non-hydrogen) atoms.